The standard InChI is InChI=1S/C31H28F2N2O4/c32-31(33)18-19-35(26-11-5-4-10-24(26)25(31)20-27(36)37)28(38)21-12-14-23(15-13-21)34-29(39)30(16-6-7-17-30)22-8-2-1-3-9-22/h1-5,8-15,20H,6-7,16-19H2,(H,34,39)(H,36,37). The van der Waals surface area contributed by atoms with Crippen molar-refractivity contribution in [2.24, 2.45) is 0 Å². The van der Waals surface area contributed by atoms with E-state index in [0.29, 0.717) is 11.8 Å². The first kappa shape index (κ1) is 26.3. The molecule has 0 atom stereocenters. The predicted molar refractivity (Wildman–Crippen MR) is 145 cm³/mol. The molecule has 0 unspecified atom stereocenters. The second kappa shape index (κ2) is 10.4. The third-order valence-corrected chi connectivity index (χ3v) is 7.65. The van der Waals surface area contributed by atoms with Gasteiger partial charge in [-0.1, -0.05) is 61.4 Å². The number of carbonyl (C=O) groups is 3. The van der Waals surface area contributed by atoms with E-state index in [1.165, 1.54) is 23.1 Å². The number of carboxylic acid groups (broad SMARTS) is 1. The third-order valence-electron chi connectivity index (χ3n) is 7.65. The van der Waals surface area contributed by atoms with E-state index in [2.05, 4.69) is 5.32 Å². The van der Waals surface area contributed by atoms with Crippen molar-refractivity contribution < 1.29 is 28.3 Å². The number of carboxylic acids is 1. The molecular weight excluding hydrogens is 502 g/mol. The summed E-state index contributed by atoms with van der Waals surface area (Å²) in [6.45, 7) is -0.294. The molecule has 1 fully saturated rings. The number of hydrogen-bond donors (Lipinski definition) is 2. The SMILES string of the molecule is O=C(O)C=C1c2ccccc2N(C(=O)c2ccc(NC(=O)C3(c4ccccc4)CCCC3)cc2)CCC1(F)F. The fraction of sp³-hybridized carbons (Fsp3) is 0.258. The lowest BCUT2D eigenvalue weighted by atomic mass is 9.78. The quantitative estimate of drug-likeness (QED) is 0.380. The van der Waals surface area contributed by atoms with Gasteiger partial charge in [-0.05, 0) is 48.7 Å². The van der Waals surface area contributed by atoms with Crippen LogP contribution in [-0.2, 0) is 15.0 Å². The van der Waals surface area contributed by atoms with Crippen LogP contribution in [0.3, 0.4) is 0 Å². The molecule has 8 heteroatoms. The lowest BCUT2D eigenvalue weighted by Gasteiger charge is -2.28. The van der Waals surface area contributed by atoms with Crippen molar-refractivity contribution in [3.63, 3.8) is 0 Å². The number of carbonyl (C=O) groups excluding carboxylic acids is 2. The first-order valence-electron chi connectivity index (χ1n) is 12.9. The number of aliphatic carboxylic acids is 1. The van der Waals surface area contributed by atoms with Gasteiger partial charge in [-0.3, -0.25) is 9.59 Å². The molecule has 39 heavy (non-hydrogen) atoms. The smallest absolute Gasteiger partial charge is 0.328 e. The lowest BCUT2D eigenvalue weighted by molar-refractivity contribution is -0.131. The molecule has 1 aliphatic heterocycles. The molecule has 2 amide bonds. The van der Waals surface area contributed by atoms with Gasteiger partial charge in [0.2, 0.25) is 5.91 Å². The molecule has 0 aromatic heterocycles. The Hall–Kier alpha value is -4.33. The minimum atomic E-state index is -3.42. The molecule has 3 aromatic carbocycles. The number of alkyl halides is 2. The van der Waals surface area contributed by atoms with Crippen LogP contribution in [0.2, 0.25) is 0 Å². The number of nitrogens with zero attached hydrogens (tertiary/aromatic N) is 1. The molecule has 0 radical (unpaired) electrons. The Kier molecular flexibility index (Phi) is 7.04. The summed E-state index contributed by atoms with van der Waals surface area (Å²) in [5.74, 6) is -5.49. The molecule has 1 saturated carbocycles. The van der Waals surface area contributed by atoms with Gasteiger partial charge in [-0.25, -0.2) is 13.6 Å². The van der Waals surface area contributed by atoms with E-state index >= 15 is 0 Å². The zero-order chi connectivity index (χ0) is 27.6. The minimum absolute atomic E-state index is 0.00223. The van der Waals surface area contributed by atoms with Gasteiger partial charge < -0.3 is 15.3 Å². The number of nitrogens with one attached hydrogen (secondary N) is 1. The summed E-state index contributed by atoms with van der Waals surface area (Å²) in [4.78, 5) is 39.5. The van der Waals surface area contributed by atoms with Crippen molar-refractivity contribution >= 4 is 34.7 Å². The van der Waals surface area contributed by atoms with Crippen molar-refractivity contribution in [1.29, 1.82) is 0 Å². The Morgan fingerprint density at radius 3 is 2.15 bits per heavy atom. The highest BCUT2D eigenvalue weighted by Gasteiger charge is 2.43. The molecule has 0 saturated heterocycles. The lowest BCUT2D eigenvalue weighted by Crippen LogP contribution is -2.38. The van der Waals surface area contributed by atoms with Crippen LogP contribution in [0, 0.1) is 0 Å². The maximum Gasteiger partial charge on any atom is 0.328 e. The van der Waals surface area contributed by atoms with Gasteiger partial charge in [0.05, 0.1) is 11.1 Å². The second-order valence-corrected chi connectivity index (χ2v) is 10.0. The summed E-state index contributed by atoms with van der Waals surface area (Å²) in [6, 6.07) is 22.2. The molecule has 0 spiro atoms. The van der Waals surface area contributed by atoms with Crippen molar-refractivity contribution in [3.8, 4) is 0 Å². The van der Waals surface area contributed by atoms with Gasteiger partial charge in [-0.15, -0.1) is 0 Å². The van der Waals surface area contributed by atoms with E-state index in [4.69, 9.17) is 0 Å². The van der Waals surface area contributed by atoms with E-state index in [9.17, 15) is 28.3 Å². The fourth-order valence-corrected chi connectivity index (χ4v) is 5.64. The highest BCUT2D eigenvalue weighted by molar-refractivity contribution is 6.09. The highest BCUT2D eigenvalue weighted by Crippen LogP contribution is 2.44. The predicted octanol–water partition coefficient (Wildman–Crippen LogP) is 6.29. The molecular formula is C31H28F2N2O4. The van der Waals surface area contributed by atoms with Crippen molar-refractivity contribution in [2.45, 2.75) is 43.4 Å². The molecule has 0 bridgehead atoms. The summed E-state index contributed by atoms with van der Waals surface area (Å²) in [6.07, 6.45) is 3.25. The van der Waals surface area contributed by atoms with E-state index < -0.39 is 35.2 Å². The number of amides is 2. The summed E-state index contributed by atoms with van der Waals surface area (Å²) in [5.41, 5.74) is 0.775. The number of benzene rings is 3. The molecule has 200 valence electrons. The zero-order valence-electron chi connectivity index (χ0n) is 21.2. The molecule has 3 aromatic rings. The number of para-hydroxylation sites is 1. The number of halogens is 2. The van der Waals surface area contributed by atoms with Gasteiger partial charge in [0.25, 0.3) is 11.8 Å². The second-order valence-electron chi connectivity index (χ2n) is 10.0. The molecule has 1 aliphatic carbocycles. The monoisotopic (exact) mass is 530 g/mol. The molecule has 6 nitrogen and oxygen atoms in total. The largest absolute Gasteiger partial charge is 0.478 e. The first-order chi connectivity index (χ1) is 18.7. The number of allylic oxidation sites excluding steroid dienone is 1. The van der Waals surface area contributed by atoms with E-state index in [1.54, 1.807) is 30.3 Å². The van der Waals surface area contributed by atoms with Gasteiger partial charge in [-0.2, -0.15) is 0 Å². The van der Waals surface area contributed by atoms with Gasteiger partial charge in [0, 0.05) is 41.4 Å². The Labute approximate surface area is 225 Å². The topological polar surface area (TPSA) is 86.7 Å². The maximum absolute atomic E-state index is 15.0. The van der Waals surface area contributed by atoms with Crippen LogP contribution in [0.5, 0.6) is 0 Å². The summed E-state index contributed by atoms with van der Waals surface area (Å²) in [5, 5.41) is 12.2. The molecule has 5 rings (SSSR count). The summed E-state index contributed by atoms with van der Waals surface area (Å²) < 4.78 is 29.9. The van der Waals surface area contributed by atoms with Crippen molar-refractivity contribution in [2.75, 3.05) is 16.8 Å². The highest BCUT2D eigenvalue weighted by atomic mass is 19.3. The van der Waals surface area contributed by atoms with Crippen LogP contribution < -0.4 is 10.2 Å². The maximum atomic E-state index is 15.0. The molecule has 2 N–H and O–H groups in total. The summed E-state index contributed by atoms with van der Waals surface area (Å²) >= 11 is 0. The Balaban J connectivity index is 1.39. The number of rotatable bonds is 5. The Morgan fingerprint density at radius 1 is 0.846 bits per heavy atom. The number of fused-ring (bicyclic) bond motifs is 1. The van der Waals surface area contributed by atoms with Crippen molar-refractivity contribution in [3.05, 3.63) is 102 Å². The van der Waals surface area contributed by atoms with Crippen LogP contribution in [-0.4, -0.2) is 35.4 Å². The van der Waals surface area contributed by atoms with Gasteiger partial charge >= 0.3 is 5.97 Å². The Morgan fingerprint density at radius 2 is 1.49 bits per heavy atom. The first-order valence-corrected chi connectivity index (χ1v) is 12.9. The Bertz CT molecular complexity index is 1430. The van der Waals surface area contributed by atoms with Crippen LogP contribution in [0.25, 0.3) is 5.57 Å². The summed E-state index contributed by atoms with van der Waals surface area (Å²) in [7, 11) is 0. The molecule has 2 aliphatic rings. The number of anilines is 2. The van der Waals surface area contributed by atoms with E-state index in [1.807, 2.05) is 30.3 Å². The van der Waals surface area contributed by atoms with Crippen molar-refractivity contribution in [1.82, 2.24) is 0 Å². The van der Waals surface area contributed by atoms with Crippen LogP contribution in [0.15, 0.2) is 84.9 Å². The fourth-order valence-electron chi connectivity index (χ4n) is 5.64. The van der Waals surface area contributed by atoms with Crippen LogP contribution >= 0.6 is 0 Å². The van der Waals surface area contributed by atoms with Gasteiger partial charge in [0.15, 0.2) is 0 Å². The minimum Gasteiger partial charge on any atom is -0.478 e. The van der Waals surface area contributed by atoms with Crippen LogP contribution in [0.4, 0.5) is 20.2 Å². The van der Waals surface area contributed by atoms with Crippen LogP contribution in [0.1, 0.15) is 53.6 Å². The third kappa shape index (κ3) is 5.06. The average Bonchev–Trinajstić information content (AvgIpc) is 3.41. The van der Waals surface area contributed by atoms with E-state index in [0.717, 1.165) is 31.2 Å². The normalized spacial score (nSPS) is 18.7. The average molecular weight is 531 g/mol. The van der Waals surface area contributed by atoms with Gasteiger partial charge in [0.1, 0.15) is 0 Å². The number of hydrogen-bond acceptors (Lipinski definition) is 3. The van der Waals surface area contributed by atoms with E-state index in [-0.39, 0.29) is 29.3 Å². The molecule has 1 heterocycles. The zero-order valence-corrected chi connectivity index (χ0v) is 21.2.